The summed E-state index contributed by atoms with van der Waals surface area (Å²) in [5.74, 6) is 0. The van der Waals surface area contributed by atoms with Crippen molar-refractivity contribution in [2.24, 2.45) is 0 Å². The standard InChI is InChI=1S/C11H20N2O3/c14-6-8-7-15-11(3-12-8)13-4-9-1-2-10(5-13)16-9/h8-12,14H,1-7H2/t8-,9?,10?,11?/m0/s1. The van der Waals surface area contributed by atoms with Crippen LogP contribution in [0.4, 0.5) is 0 Å². The Hall–Kier alpha value is -0.200. The molecule has 3 rings (SSSR count). The van der Waals surface area contributed by atoms with Gasteiger partial charge >= 0.3 is 0 Å². The lowest BCUT2D eigenvalue weighted by Gasteiger charge is -2.40. The van der Waals surface area contributed by atoms with Gasteiger partial charge in [0, 0.05) is 19.6 Å². The van der Waals surface area contributed by atoms with Gasteiger partial charge in [0.2, 0.25) is 0 Å². The molecule has 2 bridgehead atoms. The zero-order valence-corrected chi connectivity index (χ0v) is 9.47. The molecule has 3 fully saturated rings. The summed E-state index contributed by atoms with van der Waals surface area (Å²) in [6.07, 6.45) is 3.38. The molecule has 5 nitrogen and oxygen atoms in total. The van der Waals surface area contributed by atoms with E-state index in [1.807, 2.05) is 0 Å². The summed E-state index contributed by atoms with van der Waals surface area (Å²) in [4.78, 5) is 2.38. The molecule has 0 aliphatic carbocycles. The van der Waals surface area contributed by atoms with Crippen LogP contribution in [-0.2, 0) is 9.47 Å². The van der Waals surface area contributed by atoms with Crippen LogP contribution in [0, 0.1) is 0 Å². The summed E-state index contributed by atoms with van der Waals surface area (Å²) < 4.78 is 11.6. The largest absolute Gasteiger partial charge is 0.395 e. The van der Waals surface area contributed by atoms with Crippen LogP contribution in [0.3, 0.4) is 0 Å². The minimum atomic E-state index is 0.106. The second-order valence-electron chi connectivity index (χ2n) is 4.99. The van der Waals surface area contributed by atoms with Crippen LogP contribution in [-0.4, -0.2) is 67.3 Å². The highest BCUT2D eigenvalue weighted by atomic mass is 16.5. The maximum Gasteiger partial charge on any atom is 0.123 e. The van der Waals surface area contributed by atoms with Crippen LogP contribution in [0.2, 0.25) is 0 Å². The molecule has 0 saturated carbocycles. The molecule has 0 aromatic rings. The lowest BCUT2D eigenvalue weighted by atomic mass is 10.2. The molecule has 0 aromatic carbocycles. The fourth-order valence-electron chi connectivity index (χ4n) is 2.85. The van der Waals surface area contributed by atoms with Crippen LogP contribution in [0.15, 0.2) is 0 Å². The molecule has 5 heteroatoms. The Balaban J connectivity index is 1.54. The fraction of sp³-hybridized carbons (Fsp3) is 1.00. The Kier molecular flexibility index (Phi) is 3.13. The third kappa shape index (κ3) is 2.10. The van der Waals surface area contributed by atoms with Crippen molar-refractivity contribution in [2.45, 2.75) is 37.3 Å². The maximum atomic E-state index is 9.01. The smallest absolute Gasteiger partial charge is 0.123 e. The van der Waals surface area contributed by atoms with Crippen molar-refractivity contribution in [3.63, 3.8) is 0 Å². The summed E-state index contributed by atoms with van der Waals surface area (Å²) in [6.45, 7) is 3.55. The van der Waals surface area contributed by atoms with Gasteiger partial charge in [0.1, 0.15) is 6.23 Å². The Morgan fingerprint density at radius 3 is 2.56 bits per heavy atom. The molecule has 2 N–H and O–H groups in total. The number of rotatable bonds is 2. The van der Waals surface area contributed by atoms with E-state index in [4.69, 9.17) is 14.6 Å². The van der Waals surface area contributed by atoms with E-state index in [-0.39, 0.29) is 18.9 Å². The highest BCUT2D eigenvalue weighted by Crippen LogP contribution is 2.27. The Morgan fingerprint density at radius 2 is 2.00 bits per heavy atom. The number of fused-ring (bicyclic) bond motifs is 2. The number of nitrogens with zero attached hydrogens (tertiary/aromatic N) is 1. The van der Waals surface area contributed by atoms with Gasteiger partial charge in [-0.15, -0.1) is 0 Å². The molecule has 3 heterocycles. The Morgan fingerprint density at radius 1 is 1.25 bits per heavy atom. The molecule has 3 unspecified atom stereocenters. The third-order valence-electron chi connectivity index (χ3n) is 3.77. The molecule has 3 aliphatic heterocycles. The summed E-state index contributed by atoms with van der Waals surface area (Å²) in [6, 6.07) is 0.106. The zero-order chi connectivity index (χ0) is 11.0. The first-order valence-electron chi connectivity index (χ1n) is 6.20. The van der Waals surface area contributed by atoms with Crippen molar-refractivity contribution in [3.05, 3.63) is 0 Å². The number of hydrogen-bond donors (Lipinski definition) is 2. The van der Waals surface area contributed by atoms with Gasteiger partial charge < -0.3 is 19.9 Å². The highest BCUT2D eigenvalue weighted by Gasteiger charge is 2.37. The van der Waals surface area contributed by atoms with Crippen molar-refractivity contribution in [3.8, 4) is 0 Å². The van der Waals surface area contributed by atoms with Crippen LogP contribution >= 0.6 is 0 Å². The van der Waals surface area contributed by atoms with E-state index in [0.29, 0.717) is 18.8 Å². The molecule has 16 heavy (non-hydrogen) atoms. The molecular weight excluding hydrogens is 208 g/mol. The zero-order valence-electron chi connectivity index (χ0n) is 9.47. The summed E-state index contributed by atoms with van der Waals surface area (Å²) in [5, 5.41) is 12.3. The van der Waals surface area contributed by atoms with Crippen molar-refractivity contribution in [1.29, 1.82) is 0 Å². The van der Waals surface area contributed by atoms with Crippen LogP contribution < -0.4 is 5.32 Å². The number of aliphatic hydroxyl groups is 1. The van der Waals surface area contributed by atoms with E-state index in [0.717, 1.165) is 19.6 Å². The van der Waals surface area contributed by atoms with Crippen LogP contribution in [0.1, 0.15) is 12.8 Å². The maximum absolute atomic E-state index is 9.01. The topological polar surface area (TPSA) is 54.0 Å². The predicted octanol–water partition coefficient (Wildman–Crippen LogP) is -0.844. The quantitative estimate of drug-likeness (QED) is 0.645. The monoisotopic (exact) mass is 228 g/mol. The van der Waals surface area contributed by atoms with E-state index in [2.05, 4.69) is 10.2 Å². The average molecular weight is 228 g/mol. The van der Waals surface area contributed by atoms with Crippen molar-refractivity contribution in [1.82, 2.24) is 10.2 Å². The van der Waals surface area contributed by atoms with Crippen molar-refractivity contribution in [2.75, 3.05) is 32.8 Å². The molecule has 4 atom stereocenters. The van der Waals surface area contributed by atoms with Gasteiger partial charge in [-0.3, -0.25) is 4.90 Å². The van der Waals surface area contributed by atoms with E-state index in [1.165, 1.54) is 12.8 Å². The van der Waals surface area contributed by atoms with Gasteiger partial charge in [0.05, 0.1) is 31.5 Å². The van der Waals surface area contributed by atoms with Crippen LogP contribution in [0.25, 0.3) is 0 Å². The molecular formula is C11H20N2O3. The van der Waals surface area contributed by atoms with Gasteiger partial charge in [0.25, 0.3) is 0 Å². The first-order chi connectivity index (χ1) is 7.85. The first kappa shape index (κ1) is 10.9. The Bertz CT molecular complexity index is 231. The predicted molar refractivity (Wildman–Crippen MR) is 58.1 cm³/mol. The Labute approximate surface area is 95.7 Å². The summed E-state index contributed by atoms with van der Waals surface area (Å²) >= 11 is 0. The fourth-order valence-corrected chi connectivity index (χ4v) is 2.85. The summed E-state index contributed by atoms with van der Waals surface area (Å²) in [7, 11) is 0. The SMILES string of the molecule is OC[C@H]1COC(N2CC3CCC(C2)O3)CN1. The summed E-state index contributed by atoms with van der Waals surface area (Å²) in [5.41, 5.74) is 0. The molecule has 0 amide bonds. The molecule has 0 aromatic heterocycles. The van der Waals surface area contributed by atoms with Gasteiger partial charge in [-0.05, 0) is 12.8 Å². The normalized spacial score (nSPS) is 44.8. The van der Waals surface area contributed by atoms with Crippen molar-refractivity contribution < 1.29 is 14.6 Å². The number of aliphatic hydroxyl groups excluding tert-OH is 1. The van der Waals surface area contributed by atoms with Crippen molar-refractivity contribution >= 4 is 0 Å². The van der Waals surface area contributed by atoms with E-state index >= 15 is 0 Å². The molecule has 0 radical (unpaired) electrons. The minimum absolute atomic E-state index is 0.106. The molecule has 3 aliphatic rings. The number of nitrogens with one attached hydrogen (secondary N) is 1. The van der Waals surface area contributed by atoms with Crippen LogP contribution in [0.5, 0.6) is 0 Å². The lowest BCUT2D eigenvalue weighted by Crippen LogP contribution is -2.58. The average Bonchev–Trinajstić information content (AvgIpc) is 2.68. The lowest BCUT2D eigenvalue weighted by molar-refractivity contribution is -0.142. The van der Waals surface area contributed by atoms with Gasteiger partial charge in [-0.25, -0.2) is 0 Å². The molecule has 3 saturated heterocycles. The van der Waals surface area contributed by atoms with E-state index in [1.54, 1.807) is 0 Å². The second kappa shape index (κ2) is 4.58. The van der Waals surface area contributed by atoms with E-state index in [9.17, 15) is 0 Å². The number of ether oxygens (including phenoxy) is 2. The van der Waals surface area contributed by atoms with Gasteiger partial charge in [0.15, 0.2) is 0 Å². The van der Waals surface area contributed by atoms with Gasteiger partial charge in [-0.1, -0.05) is 0 Å². The second-order valence-corrected chi connectivity index (χ2v) is 4.99. The highest BCUT2D eigenvalue weighted by molar-refractivity contribution is 4.88. The number of hydrogen-bond acceptors (Lipinski definition) is 5. The number of morpholine rings is 2. The number of likely N-dealkylation sites (tertiary alicyclic amines) is 1. The minimum Gasteiger partial charge on any atom is -0.395 e. The third-order valence-corrected chi connectivity index (χ3v) is 3.77. The first-order valence-corrected chi connectivity index (χ1v) is 6.20. The molecule has 0 spiro atoms. The molecule has 92 valence electrons. The van der Waals surface area contributed by atoms with E-state index < -0.39 is 0 Å². The van der Waals surface area contributed by atoms with Gasteiger partial charge in [-0.2, -0.15) is 0 Å².